The van der Waals surface area contributed by atoms with Gasteiger partial charge in [-0.3, -0.25) is 14.3 Å². The van der Waals surface area contributed by atoms with Crippen LogP contribution in [0, 0.1) is 5.82 Å². The van der Waals surface area contributed by atoms with Gasteiger partial charge in [0.15, 0.2) is 6.23 Å². The molecule has 1 aliphatic heterocycles. The summed E-state index contributed by atoms with van der Waals surface area (Å²) in [4.78, 5) is 24.9. The molecule has 2 aromatic rings. The molecule has 0 aliphatic carbocycles. The Morgan fingerprint density at radius 1 is 1.24 bits per heavy atom. The van der Waals surface area contributed by atoms with Crippen LogP contribution in [0.3, 0.4) is 0 Å². The topological polar surface area (TPSA) is 134 Å². The second kappa shape index (κ2) is 8.97. The molecular formula is C19H23FN2O7. The molecule has 3 rings (SSSR count). The molecule has 9 nitrogen and oxygen atoms in total. The fourth-order valence-electron chi connectivity index (χ4n) is 3.29. The number of benzene rings is 1. The van der Waals surface area contributed by atoms with Crippen molar-refractivity contribution < 1.29 is 29.2 Å². The second-order valence-electron chi connectivity index (χ2n) is 6.85. The van der Waals surface area contributed by atoms with Crippen molar-refractivity contribution >= 4 is 0 Å². The molecular weight excluding hydrogens is 387 g/mol. The molecule has 1 fully saturated rings. The van der Waals surface area contributed by atoms with E-state index < -0.39 is 53.8 Å². The maximum Gasteiger partial charge on any atom is 0.330 e. The van der Waals surface area contributed by atoms with E-state index in [2.05, 4.69) is 0 Å². The summed E-state index contributed by atoms with van der Waals surface area (Å²) < 4.78 is 25.4. The largest absolute Gasteiger partial charge is 0.388 e. The first kappa shape index (κ1) is 21.3. The Morgan fingerprint density at radius 2 is 1.93 bits per heavy atom. The Morgan fingerprint density at radius 3 is 2.59 bits per heavy atom. The number of ether oxygens (including phenoxy) is 2. The molecule has 0 bridgehead atoms. The number of nitrogens with one attached hydrogen (secondary N) is 1. The summed E-state index contributed by atoms with van der Waals surface area (Å²) in [5, 5.41) is 31.3. The van der Waals surface area contributed by atoms with Crippen molar-refractivity contribution in [3.63, 3.8) is 0 Å². The van der Waals surface area contributed by atoms with Gasteiger partial charge in [0, 0.05) is 0 Å². The molecule has 2 heterocycles. The standard InChI is InChI=1S/C19H23FN2O7/c1-2-12(28-9-10-6-4-3-5-7-10)13(23)16-14(24)15(25)18(29-16)22-8-11(20)17(26)21-19(22)27/h3-8,12-16,18,23-25H,2,9H2,1H3,(H,21,26,27)/t12?,13?,14-,15+,16+,18+/m0/s1. The minimum absolute atomic E-state index is 0.218. The lowest BCUT2D eigenvalue weighted by Crippen LogP contribution is -2.45. The van der Waals surface area contributed by atoms with Gasteiger partial charge >= 0.3 is 5.69 Å². The highest BCUT2D eigenvalue weighted by Crippen LogP contribution is 2.32. The van der Waals surface area contributed by atoms with Gasteiger partial charge in [-0.05, 0) is 12.0 Å². The molecule has 10 heteroatoms. The zero-order valence-corrected chi connectivity index (χ0v) is 15.6. The summed E-state index contributed by atoms with van der Waals surface area (Å²) in [6.45, 7) is 1.99. The van der Waals surface area contributed by atoms with E-state index in [1.807, 2.05) is 30.3 Å². The average Bonchev–Trinajstić information content (AvgIpc) is 3.00. The Balaban J connectivity index is 1.75. The first-order valence-electron chi connectivity index (χ1n) is 9.19. The van der Waals surface area contributed by atoms with E-state index in [9.17, 15) is 29.3 Å². The van der Waals surface area contributed by atoms with Gasteiger partial charge < -0.3 is 24.8 Å². The number of aromatic amines is 1. The lowest BCUT2D eigenvalue weighted by atomic mass is 10.00. The predicted octanol–water partition coefficient (Wildman–Crippen LogP) is -0.349. The molecule has 29 heavy (non-hydrogen) atoms. The van der Waals surface area contributed by atoms with Crippen LogP contribution in [0.15, 0.2) is 46.1 Å². The molecule has 1 aromatic heterocycles. The summed E-state index contributed by atoms with van der Waals surface area (Å²) in [5.74, 6) is -1.25. The fourth-order valence-corrected chi connectivity index (χ4v) is 3.29. The molecule has 0 saturated carbocycles. The molecule has 0 spiro atoms. The summed E-state index contributed by atoms with van der Waals surface area (Å²) in [6, 6.07) is 9.28. The number of aromatic nitrogens is 2. The van der Waals surface area contributed by atoms with E-state index in [-0.39, 0.29) is 6.61 Å². The number of aliphatic hydroxyl groups is 3. The van der Waals surface area contributed by atoms with Crippen LogP contribution in [0.4, 0.5) is 4.39 Å². The van der Waals surface area contributed by atoms with Crippen LogP contribution in [-0.2, 0) is 16.1 Å². The molecule has 4 N–H and O–H groups in total. The molecule has 1 aliphatic rings. The van der Waals surface area contributed by atoms with E-state index >= 15 is 0 Å². The Bertz CT molecular complexity index is 932. The van der Waals surface area contributed by atoms with Crippen molar-refractivity contribution in [1.82, 2.24) is 9.55 Å². The van der Waals surface area contributed by atoms with E-state index in [1.54, 1.807) is 11.9 Å². The molecule has 6 atom stereocenters. The van der Waals surface area contributed by atoms with Gasteiger partial charge in [-0.1, -0.05) is 37.3 Å². The first-order valence-corrected chi connectivity index (χ1v) is 9.19. The lowest BCUT2D eigenvalue weighted by Gasteiger charge is -2.28. The summed E-state index contributed by atoms with van der Waals surface area (Å²) in [6.07, 6.45) is -7.08. The highest BCUT2D eigenvalue weighted by molar-refractivity contribution is 5.13. The molecule has 0 radical (unpaired) electrons. The van der Waals surface area contributed by atoms with E-state index in [4.69, 9.17) is 9.47 Å². The van der Waals surface area contributed by atoms with Crippen molar-refractivity contribution in [2.75, 3.05) is 0 Å². The number of rotatable bonds is 7. The SMILES string of the molecule is CCC(OCc1ccccc1)C(O)[C@H]1O[C@@H](n2cc(F)c(=O)[nH]c2=O)[C@H](O)[C@@H]1O. The third-order valence-corrected chi connectivity index (χ3v) is 4.90. The van der Waals surface area contributed by atoms with Gasteiger partial charge in [0.2, 0.25) is 5.82 Å². The van der Waals surface area contributed by atoms with E-state index in [1.165, 1.54) is 0 Å². The molecule has 0 amide bonds. The molecule has 158 valence electrons. The molecule has 1 saturated heterocycles. The highest BCUT2D eigenvalue weighted by Gasteiger charge is 2.49. The van der Waals surface area contributed by atoms with Gasteiger partial charge in [-0.15, -0.1) is 0 Å². The number of halogens is 1. The minimum Gasteiger partial charge on any atom is -0.388 e. The summed E-state index contributed by atoms with van der Waals surface area (Å²) in [5.41, 5.74) is -1.34. The van der Waals surface area contributed by atoms with Crippen LogP contribution >= 0.6 is 0 Å². The fraction of sp³-hybridized carbons (Fsp3) is 0.474. The predicted molar refractivity (Wildman–Crippen MR) is 98.5 cm³/mol. The minimum atomic E-state index is -1.63. The van der Waals surface area contributed by atoms with Gasteiger partial charge in [0.1, 0.15) is 24.4 Å². The van der Waals surface area contributed by atoms with Gasteiger partial charge in [-0.2, -0.15) is 4.39 Å². The van der Waals surface area contributed by atoms with Crippen LogP contribution in [0.5, 0.6) is 0 Å². The van der Waals surface area contributed by atoms with Crippen LogP contribution < -0.4 is 11.2 Å². The zero-order valence-electron chi connectivity index (χ0n) is 15.6. The number of aliphatic hydroxyl groups excluding tert-OH is 3. The number of hydrogen-bond donors (Lipinski definition) is 4. The van der Waals surface area contributed by atoms with Crippen molar-refractivity contribution in [1.29, 1.82) is 0 Å². The maximum absolute atomic E-state index is 13.6. The van der Waals surface area contributed by atoms with Gasteiger partial charge in [0.05, 0.1) is 18.9 Å². The Labute approximate surface area is 165 Å². The molecule has 1 aromatic carbocycles. The summed E-state index contributed by atoms with van der Waals surface area (Å²) in [7, 11) is 0. The smallest absolute Gasteiger partial charge is 0.330 e. The van der Waals surface area contributed by atoms with E-state index in [0.29, 0.717) is 17.2 Å². The average molecular weight is 410 g/mol. The number of hydrogen-bond acceptors (Lipinski definition) is 7. The van der Waals surface area contributed by atoms with Crippen molar-refractivity contribution in [2.24, 2.45) is 0 Å². The maximum atomic E-state index is 13.6. The lowest BCUT2D eigenvalue weighted by molar-refractivity contribution is -0.139. The van der Waals surface area contributed by atoms with Crippen molar-refractivity contribution in [3.8, 4) is 0 Å². The second-order valence-corrected chi connectivity index (χ2v) is 6.85. The first-order chi connectivity index (χ1) is 13.8. The molecule has 2 unspecified atom stereocenters. The number of H-pyrrole nitrogens is 1. The third kappa shape index (κ3) is 4.46. The van der Waals surface area contributed by atoms with E-state index in [0.717, 1.165) is 5.56 Å². The van der Waals surface area contributed by atoms with Crippen LogP contribution in [0.25, 0.3) is 0 Å². The van der Waals surface area contributed by atoms with Crippen molar-refractivity contribution in [2.45, 2.75) is 56.7 Å². The van der Waals surface area contributed by atoms with Gasteiger partial charge in [-0.25, -0.2) is 4.79 Å². The monoisotopic (exact) mass is 410 g/mol. The van der Waals surface area contributed by atoms with Crippen LogP contribution in [0.1, 0.15) is 25.1 Å². The highest BCUT2D eigenvalue weighted by atomic mass is 19.1. The Kier molecular flexibility index (Phi) is 6.60. The van der Waals surface area contributed by atoms with Crippen LogP contribution in [-0.4, -0.2) is 55.4 Å². The zero-order chi connectivity index (χ0) is 21.1. The third-order valence-electron chi connectivity index (χ3n) is 4.90. The van der Waals surface area contributed by atoms with Gasteiger partial charge in [0.25, 0.3) is 5.56 Å². The number of nitrogens with zero attached hydrogens (tertiary/aromatic N) is 1. The Hall–Kier alpha value is -2.37. The normalized spacial score (nSPS) is 26.4. The quantitative estimate of drug-likeness (QED) is 0.490. The van der Waals surface area contributed by atoms with Crippen LogP contribution in [0.2, 0.25) is 0 Å². The summed E-state index contributed by atoms with van der Waals surface area (Å²) >= 11 is 0. The van der Waals surface area contributed by atoms with Crippen molar-refractivity contribution in [3.05, 3.63) is 68.7 Å².